The molecule has 0 amide bonds. The molecule has 0 bridgehead atoms. The molecule has 1 aliphatic rings. The number of hydrogen-bond acceptors (Lipinski definition) is 6. The molecule has 1 fully saturated rings. The first-order valence-corrected chi connectivity index (χ1v) is 12.5. The minimum absolute atomic E-state index is 0.0251. The number of piperazine rings is 1. The highest BCUT2D eigenvalue weighted by Gasteiger charge is 2.29. The molecule has 0 aromatic heterocycles. The third-order valence-electron chi connectivity index (χ3n) is 5.78. The van der Waals surface area contributed by atoms with Crippen LogP contribution in [0.1, 0.15) is 27.6 Å². The Morgan fingerprint density at radius 3 is 2.03 bits per heavy atom. The van der Waals surface area contributed by atoms with Gasteiger partial charge in [-0.25, -0.2) is 13.2 Å². The van der Waals surface area contributed by atoms with Crippen molar-refractivity contribution < 1.29 is 22.7 Å². The predicted octanol–water partition coefficient (Wildman–Crippen LogP) is 3.63. The van der Waals surface area contributed by atoms with Crippen LogP contribution in [0.4, 0.5) is 5.69 Å². The molecule has 176 valence electrons. The van der Waals surface area contributed by atoms with Crippen LogP contribution in [0.3, 0.4) is 0 Å². The molecule has 34 heavy (non-hydrogen) atoms. The Kier molecular flexibility index (Phi) is 7.09. The lowest BCUT2D eigenvalue weighted by molar-refractivity contribution is 0.0318. The van der Waals surface area contributed by atoms with Crippen molar-refractivity contribution in [2.24, 2.45) is 0 Å². The highest BCUT2D eigenvalue weighted by molar-refractivity contribution is 7.89. The molecule has 1 unspecified atom stereocenters. The fraction of sp³-hybridized carbons (Fsp3) is 0.231. The Balaban J connectivity index is 1.43. The number of carbonyl (C=O) groups excluding carboxylic acids is 2. The van der Waals surface area contributed by atoms with Crippen molar-refractivity contribution in [1.82, 2.24) is 4.31 Å². The molecule has 3 aromatic carbocycles. The van der Waals surface area contributed by atoms with Crippen molar-refractivity contribution >= 4 is 27.5 Å². The largest absolute Gasteiger partial charge is 0.451 e. The third kappa shape index (κ3) is 5.18. The number of rotatable bonds is 7. The summed E-state index contributed by atoms with van der Waals surface area (Å²) in [6, 6.07) is 24.2. The van der Waals surface area contributed by atoms with Gasteiger partial charge in [-0.2, -0.15) is 4.31 Å². The SMILES string of the molecule is CC(OC(=O)c1cccc(S(=O)(=O)N2CCN(c3ccccc3)CC2)c1)C(=O)c1ccccc1. The molecule has 4 rings (SSSR count). The smallest absolute Gasteiger partial charge is 0.338 e. The third-order valence-corrected chi connectivity index (χ3v) is 7.67. The molecule has 7 nitrogen and oxygen atoms in total. The van der Waals surface area contributed by atoms with Crippen LogP contribution in [0, 0.1) is 0 Å². The van der Waals surface area contributed by atoms with Crippen molar-refractivity contribution in [3.05, 3.63) is 96.1 Å². The minimum atomic E-state index is -3.78. The van der Waals surface area contributed by atoms with E-state index in [1.807, 2.05) is 30.3 Å². The van der Waals surface area contributed by atoms with Crippen LogP contribution in [0.25, 0.3) is 0 Å². The summed E-state index contributed by atoms with van der Waals surface area (Å²) in [6.45, 7) is 3.33. The number of nitrogens with zero attached hydrogens (tertiary/aromatic N) is 2. The highest BCUT2D eigenvalue weighted by atomic mass is 32.2. The van der Waals surface area contributed by atoms with Gasteiger partial charge in [-0.05, 0) is 37.3 Å². The summed E-state index contributed by atoms with van der Waals surface area (Å²) in [5.74, 6) is -1.07. The number of Topliss-reactive ketones (excluding diaryl/α,β-unsaturated/α-hetero) is 1. The van der Waals surface area contributed by atoms with Crippen molar-refractivity contribution in [2.45, 2.75) is 17.9 Å². The second-order valence-corrected chi connectivity index (χ2v) is 9.97. The average molecular weight is 479 g/mol. The molecule has 0 spiro atoms. The van der Waals surface area contributed by atoms with E-state index in [9.17, 15) is 18.0 Å². The van der Waals surface area contributed by atoms with Gasteiger partial charge in [0.05, 0.1) is 10.5 Å². The van der Waals surface area contributed by atoms with Gasteiger partial charge in [0.25, 0.3) is 0 Å². The number of ether oxygens (including phenoxy) is 1. The van der Waals surface area contributed by atoms with E-state index in [4.69, 9.17) is 4.74 Å². The number of sulfonamides is 1. The van der Waals surface area contributed by atoms with Crippen LogP contribution < -0.4 is 4.90 Å². The van der Waals surface area contributed by atoms with Crippen molar-refractivity contribution in [1.29, 1.82) is 0 Å². The summed E-state index contributed by atoms with van der Waals surface area (Å²) in [6.07, 6.45) is -0.999. The fourth-order valence-corrected chi connectivity index (χ4v) is 5.35. The van der Waals surface area contributed by atoms with Gasteiger partial charge < -0.3 is 9.64 Å². The molecule has 0 radical (unpaired) electrons. The number of benzene rings is 3. The number of anilines is 1. The average Bonchev–Trinajstić information content (AvgIpc) is 2.89. The predicted molar refractivity (Wildman–Crippen MR) is 130 cm³/mol. The van der Waals surface area contributed by atoms with Gasteiger partial charge in [-0.3, -0.25) is 4.79 Å². The van der Waals surface area contributed by atoms with Gasteiger partial charge in [0.15, 0.2) is 6.10 Å². The lowest BCUT2D eigenvalue weighted by atomic mass is 10.1. The summed E-state index contributed by atoms with van der Waals surface area (Å²) in [5, 5.41) is 0. The number of hydrogen-bond donors (Lipinski definition) is 0. The number of ketones is 1. The molecular formula is C26H26N2O5S. The maximum atomic E-state index is 13.2. The zero-order valence-electron chi connectivity index (χ0n) is 18.8. The Labute approximate surface area is 199 Å². The molecule has 0 saturated carbocycles. The molecule has 1 heterocycles. The Morgan fingerprint density at radius 1 is 0.794 bits per heavy atom. The first kappa shape index (κ1) is 23.7. The first-order chi connectivity index (χ1) is 16.4. The number of para-hydroxylation sites is 1. The van der Waals surface area contributed by atoms with Gasteiger partial charge in [0.2, 0.25) is 15.8 Å². The van der Waals surface area contributed by atoms with E-state index in [2.05, 4.69) is 4.90 Å². The van der Waals surface area contributed by atoms with Gasteiger partial charge in [0, 0.05) is 37.4 Å². The number of esters is 1. The van der Waals surface area contributed by atoms with Crippen molar-refractivity contribution in [3.63, 3.8) is 0 Å². The summed E-state index contributed by atoms with van der Waals surface area (Å²) in [7, 11) is -3.78. The maximum absolute atomic E-state index is 13.2. The molecule has 8 heteroatoms. The van der Waals surface area contributed by atoms with Crippen LogP contribution in [-0.4, -0.2) is 56.8 Å². The molecule has 0 aliphatic carbocycles. The normalized spacial score (nSPS) is 15.5. The second-order valence-electron chi connectivity index (χ2n) is 8.03. The lowest BCUT2D eigenvalue weighted by Crippen LogP contribution is -2.48. The van der Waals surface area contributed by atoms with Gasteiger partial charge in [0.1, 0.15) is 0 Å². The van der Waals surface area contributed by atoms with E-state index in [1.54, 1.807) is 30.3 Å². The van der Waals surface area contributed by atoms with Crippen molar-refractivity contribution in [3.8, 4) is 0 Å². The van der Waals surface area contributed by atoms with Gasteiger partial charge in [-0.15, -0.1) is 0 Å². The van der Waals surface area contributed by atoms with Crippen LogP contribution in [-0.2, 0) is 14.8 Å². The maximum Gasteiger partial charge on any atom is 0.338 e. The molecule has 1 atom stereocenters. The van der Waals surface area contributed by atoms with Crippen LogP contribution in [0.15, 0.2) is 89.8 Å². The van der Waals surface area contributed by atoms with Gasteiger partial charge in [-0.1, -0.05) is 54.6 Å². The van der Waals surface area contributed by atoms with E-state index in [0.29, 0.717) is 31.7 Å². The summed E-state index contributed by atoms with van der Waals surface area (Å²) < 4.78 is 33.2. The molecule has 0 N–H and O–H groups in total. The molecule has 3 aromatic rings. The Hall–Kier alpha value is -3.49. The van der Waals surface area contributed by atoms with Gasteiger partial charge >= 0.3 is 5.97 Å². The zero-order valence-corrected chi connectivity index (χ0v) is 19.6. The van der Waals surface area contributed by atoms with Crippen LogP contribution in [0.2, 0.25) is 0 Å². The number of carbonyl (C=O) groups is 2. The zero-order chi connectivity index (χ0) is 24.1. The lowest BCUT2D eigenvalue weighted by Gasteiger charge is -2.35. The summed E-state index contributed by atoms with van der Waals surface area (Å²) in [5.41, 5.74) is 1.58. The van der Waals surface area contributed by atoms with E-state index in [1.165, 1.54) is 35.5 Å². The second kappa shape index (κ2) is 10.2. The topological polar surface area (TPSA) is 84.0 Å². The Morgan fingerprint density at radius 2 is 1.38 bits per heavy atom. The fourth-order valence-electron chi connectivity index (χ4n) is 3.88. The van der Waals surface area contributed by atoms with E-state index in [-0.39, 0.29) is 16.2 Å². The molecular weight excluding hydrogens is 452 g/mol. The first-order valence-electron chi connectivity index (χ1n) is 11.1. The van der Waals surface area contributed by atoms with Crippen LogP contribution in [0.5, 0.6) is 0 Å². The standard InChI is InChI=1S/C26H26N2O5S/c1-20(25(29)21-9-4-2-5-10-21)33-26(30)22-11-8-14-24(19-22)34(31,32)28-17-15-27(16-18-28)23-12-6-3-7-13-23/h2-14,19-20H,15-18H2,1H3. The summed E-state index contributed by atoms with van der Waals surface area (Å²) in [4.78, 5) is 27.3. The highest BCUT2D eigenvalue weighted by Crippen LogP contribution is 2.22. The van der Waals surface area contributed by atoms with Crippen molar-refractivity contribution in [2.75, 3.05) is 31.1 Å². The quantitative estimate of drug-likeness (QED) is 0.381. The Bertz CT molecular complexity index is 1250. The van der Waals surface area contributed by atoms with E-state index in [0.717, 1.165) is 5.69 Å². The molecule has 1 saturated heterocycles. The summed E-state index contributed by atoms with van der Waals surface area (Å²) >= 11 is 0. The molecule has 1 aliphatic heterocycles. The van der Waals surface area contributed by atoms with E-state index < -0.39 is 22.1 Å². The monoisotopic (exact) mass is 478 g/mol. The van der Waals surface area contributed by atoms with Crippen LogP contribution >= 0.6 is 0 Å². The minimum Gasteiger partial charge on any atom is -0.451 e. The van der Waals surface area contributed by atoms with E-state index >= 15 is 0 Å².